The van der Waals surface area contributed by atoms with Crippen molar-refractivity contribution in [1.82, 2.24) is 15.0 Å². The molecule has 0 radical (unpaired) electrons. The van der Waals surface area contributed by atoms with E-state index in [0.717, 1.165) is 17.3 Å². The van der Waals surface area contributed by atoms with Crippen molar-refractivity contribution in [3.05, 3.63) is 51.2 Å². The van der Waals surface area contributed by atoms with Crippen molar-refractivity contribution < 1.29 is 13.2 Å². The number of hydrogen-bond acceptors (Lipinski definition) is 4. The third-order valence-electron chi connectivity index (χ3n) is 2.18. The van der Waals surface area contributed by atoms with Gasteiger partial charge in [-0.05, 0) is 17.7 Å². The summed E-state index contributed by atoms with van der Waals surface area (Å²) in [7, 11) is 0. The van der Waals surface area contributed by atoms with Gasteiger partial charge in [-0.25, -0.2) is 9.97 Å². The lowest BCUT2D eigenvalue weighted by atomic mass is 10.3. The van der Waals surface area contributed by atoms with E-state index in [0.29, 0.717) is 11.8 Å². The van der Waals surface area contributed by atoms with Crippen LogP contribution in [-0.4, -0.2) is 15.0 Å². The van der Waals surface area contributed by atoms with Crippen LogP contribution in [0, 0.1) is 0 Å². The van der Waals surface area contributed by atoms with E-state index in [4.69, 9.17) is 11.6 Å². The molecule has 4 nitrogen and oxygen atoms in total. The molecule has 2 aromatic heterocycles. The van der Waals surface area contributed by atoms with Crippen molar-refractivity contribution in [3.8, 4) is 0 Å². The quantitative estimate of drug-likeness (QED) is 0.536. The number of H-pyrrole nitrogens is 1. The molecule has 0 aromatic carbocycles. The molecule has 2 heterocycles. The summed E-state index contributed by atoms with van der Waals surface area (Å²) in [5.41, 5.74) is -1.30. The summed E-state index contributed by atoms with van der Waals surface area (Å²) in [6, 6.07) is 3.68. The summed E-state index contributed by atoms with van der Waals surface area (Å²) in [4.78, 5) is 20.6. The second-order valence-corrected chi connectivity index (χ2v) is 5.06. The van der Waals surface area contributed by atoms with Gasteiger partial charge in [-0.1, -0.05) is 23.4 Å². The summed E-state index contributed by atoms with van der Waals surface area (Å²) in [6.07, 6.45) is -3.16. The number of halogens is 4. The van der Waals surface area contributed by atoms with Crippen LogP contribution < -0.4 is 5.56 Å². The van der Waals surface area contributed by atoms with Crippen LogP contribution in [-0.2, 0) is 11.9 Å². The normalized spacial score (nSPS) is 11.6. The van der Waals surface area contributed by atoms with Gasteiger partial charge >= 0.3 is 6.18 Å². The molecule has 0 saturated heterocycles. The van der Waals surface area contributed by atoms with Gasteiger partial charge in [0.05, 0.1) is 0 Å². The van der Waals surface area contributed by atoms with Crippen LogP contribution in [0.4, 0.5) is 13.2 Å². The predicted octanol–water partition coefficient (Wildman–Crippen LogP) is 3.13. The molecule has 0 fully saturated rings. The highest BCUT2D eigenvalue weighted by molar-refractivity contribution is 7.98. The molecular formula is C11H7ClF3N3OS. The Labute approximate surface area is 120 Å². The average Bonchev–Trinajstić information content (AvgIpc) is 2.35. The molecule has 0 bridgehead atoms. The molecule has 2 aromatic rings. The van der Waals surface area contributed by atoms with E-state index in [9.17, 15) is 18.0 Å². The number of hydrogen-bond donors (Lipinski definition) is 1. The van der Waals surface area contributed by atoms with Crippen molar-refractivity contribution in [3.63, 3.8) is 0 Å². The summed E-state index contributed by atoms with van der Waals surface area (Å²) in [5, 5.41) is 0.186. The number of aromatic nitrogens is 3. The third kappa shape index (κ3) is 3.97. The highest BCUT2D eigenvalue weighted by Gasteiger charge is 2.33. The van der Waals surface area contributed by atoms with Gasteiger partial charge in [0.2, 0.25) is 0 Å². The van der Waals surface area contributed by atoms with Crippen molar-refractivity contribution in [2.75, 3.05) is 0 Å². The molecule has 0 saturated carbocycles. The fourth-order valence-corrected chi connectivity index (χ4v) is 2.35. The molecule has 20 heavy (non-hydrogen) atoms. The minimum absolute atomic E-state index is 0.0993. The topological polar surface area (TPSA) is 58.6 Å². The number of aromatic amines is 1. The van der Waals surface area contributed by atoms with Crippen molar-refractivity contribution in [1.29, 1.82) is 0 Å². The highest BCUT2D eigenvalue weighted by Crippen LogP contribution is 2.28. The summed E-state index contributed by atoms with van der Waals surface area (Å²) < 4.78 is 37.5. The fraction of sp³-hybridized carbons (Fsp3) is 0.182. The number of nitrogens with one attached hydrogen (secondary N) is 1. The largest absolute Gasteiger partial charge is 0.433 e. The molecule has 9 heteroatoms. The second kappa shape index (κ2) is 5.84. The fourth-order valence-electron chi connectivity index (χ4n) is 1.33. The Morgan fingerprint density at radius 1 is 1.35 bits per heavy atom. The number of pyridine rings is 1. The molecule has 106 valence electrons. The zero-order valence-corrected chi connectivity index (χ0v) is 11.3. The first-order valence-electron chi connectivity index (χ1n) is 5.26. The molecule has 0 spiro atoms. The van der Waals surface area contributed by atoms with Gasteiger partial charge in [-0.2, -0.15) is 13.2 Å². The number of nitrogens with zero attached hydrogens (tertiary/aromatic N) is 2. The second-order valence-electron chi connectivity index (χ2n) is 3.71. The van der Waals surface area contributed by atoms with E-state index >= 15 is 0 Å². The number of rotatable bonds is 3. The van der Waals surface area contributed by atoms with Crippen LogP contribution in [0.5, 0.6) is 0 Å². The number of alkyl halides is 3. The Kier molecular flexibility index (Phi) is 4.34. The van der Waals surface area contributed by atoms with Gasteiger partial charge in [0.1, 0.15) is 5.15 Å². The maximum atomic E-state index is 12.5. The first-order chi connectivity index (χ1) is 9.34. The minimum Gasteiger partial charge on any atom is -0.301 e. The maximum Gasteiger partial charge on any atom is 0.433 e. The first-order valence-corrected chi connectivity index (χ1v) is 6.63. The van der Waals surface area contributed by atoms with E-state index in [1.165, 1.54) is 6.20 Å². The van der Waals surface area contributed by atoms with Gasteiger partial charge in [0, 0.05) is 18.0 Å². The maximum absolute atomic E-state index is 12.5. The molecule has 0 aliphatic carbocycles. The van der Waals surface area contributed by atoms with E-state index < -0.39 is 17.4 Å². The van der Waals surface area contributed by atoms with Crippen molar-refractivity contribution in [2.24, 2.45) is 0 Å². The Bertz CT molecular complexity index is 674. The van der Waals surface area contributed by atoms with Crippen molar-refractivity contribution in [2.45, 2.75) is 17.1 Å². The summed E-state index contributed by atoms with van der Waals surface area (Å²) in [6.45, 7) is 0. The molecule has 0 atom stereocenters. The van der Waals surface area contributed by atoms with Gasteiger partial charge < -0.3 is 4.98 Å². The van der Waals surface area contributed by atoms with Gasteiger partial charge in [-0.3, -0.25) is 4.79 Å². The van der Waals surface area contributed by atoms with Crippen LogP contribution in [0.1, 0.15) is 11.3 Å². The van der Waals surface area contributed by atoms with Crippen LogP contribution in [0.15, 0.2) is 34.3 Å². The first kappa shape index (κ1) is 14.9. The molecule has 0 aliphatic rings. The van der Waals surface area contributed by atoms with E-state index in [-0.39, 0.29) is 10.3 Å². The lowest BCUT2D eigenvalue weighted by molar-refractivity contribution is -0.141. The van der Waals surface area contributed by atoms with Gasteiger partial charge in [-0.15, -0.1) is 0 Å². The van der Waals surface area contributed by atoms with Gasteiger partial charge in [0.15, 0.2) is 10.9 Å². The standard InChI is InChI=1S/C11H7ClF3N3OS/c12-8-3-6(1-2-16-8)5-20-10-17-7(11(13,14)15)4-9(19)18-10/h1-4H,5H2,(H,17,18,19). The number of thioether (sulfide) groups is 1. The molecule has 0 amide bonds. The zero-order valence-electron chi connectivity index (χ0n) is 9.74. The Morgan fingerprint density at radius 2 is 2.10 bits per heavy atom. The Morgan fingerprint density at radius 3 is 2.75 bits per heavy atom. The molecule has 1 N–H and O–H groups in total. The molecular weight excluding hydrogens is 315 g/mol. The lowest BCUT2D eigenvalue weighted by Crippen LogP contribution is -2.16. The van der Waals surface area contributed by atoms with Gasteiger partial charge in [0.25, 0.3) is 5.56 Å². The minimum atomic E-state index is -4.65. The monoisotopic (exact) mass is 321 g/mol. The van der Waals surface area contributed by atoms with Crippen LogP contribution in [0.2, 0.25) is 5.15 Å². The van der Waals surface area contributed by atoms with Crippen LogP contribution in [0.25, 0.3) is 0 Å². The van der Waals surface area contributed by atoms with E-state index in [1.54, 1.807) is 12.1 Å². The smallest absolute Gasteiger partial charge is 0.301 e. The molecule has 2 rings (SSSR count). The lowest BCUT2D eigenvalue weighted by Gasteiger charge is -2.07. The zero-order chi connectivity index (χ0) is 14.8. The van der Waals surface area contributed by atoms with Crippen LogP contribution >= 0.6 is 23.4 Å². The van der Waals surface area contributed by atoms with E-state index in [1.807, 2.05) is 0 Å². The van der Waals surface area contributed by atoms with Crippen molar-refractivity contribution >= 4 is 23.4 Å². The molecule has 0 unspecified atom stereocenters. The predicted molar refractivity (Wildman–Crippen MR) is 68.7 cm³/mol. The average molecular weight is 322 g/mol. The highest BCUT2D eigenvalue weighted by atomic mass is 35.5. The SMILES string of the molecule is O=c1cc(C(F)(F)F)nc(SCc2ccnc(Cl)c2)[nH]1. The Balaban J connectivity index is 2.18. The summed E-state index contributed by atoms with van der Waals surface area (Å²) >= 11 is 6.67. The Hall–Kier alpha value is -1.54. The summed E-state index contributed by atoms with van der Waals surface area (Å²) in [5.74, 6) is 0.312. The third-order valence-corrected chi connectivity index (χ3v) is 3.33. The van der Waals surface area contributed by atoms with E-state index in [2.05, 4.69) is 15.0 Å². The van der Waals surface area contributed by atoms with Crippen LogP contribution in [0.3, 0.4) is 0 Å². The molecule has 0 aliphatic heterocycles.